The van der Waals surface area contributed by atoms with E-state index in [1.165, 1.54) is 12.5 Å². The van der Waals surface area contributed by atoms with Crippen molar-refractivity contribution in [2.75, 3.05) is 13.1 Å². The lowest BCUT2D eigenvalue weighted by Gasteiger charge is -2.22. The summed E-state index contributed by atoms with van der Waals surface area (Å²) in [5.74, 6) is 0.766. The molecule has 0 bridgehead atoms. The van der Waals surface area contributed by atoms with Crippen LogP contribution in [-0.2, 0) is 4.79 Å². The van der Waals surface area contributed by atoms with Gasteiger partial charge in [-0.3, -0.25) is 4.79 Å². The minimum Gasteiger partial charge on any atom is -0.339 e. The molecular weight excluding hydrogens is 174 g/mol. The van der Waals surface area contributed by atoms with Gasteiger partial charge in [-0.1, -0.05) is 33.8 Å². The lowest BCUT2D eigenvalue weighted by atomic mass is 10.1. The second kappa shape index (κ2) is 7.60. The van der Waals surface area contributed by atoms with Crippen LogP contribution in [0.2, 0.25) is 0 Å². The molecule has 0 heterocycles. The van der Waals surface area contributed by atoms with Gasteiger partial charge in [0.1, 0.15) is 0 Å². The number of carbonyl (C=O) groups is 1. The molecule has 1 atom stereocenters. The molecule has 0 radical (unpaired) electrons. The Morgan fingerprint density at radius 3 is 2.50 bits per heavy atom. The number of hydrogen-bond donors (Lipinski definition) is 0. The summed E-state index contributed by atoms with van der Waals surface area (Å²) in [6, 6.07) is 0. The van der Waals surface area contributed by atoms with Crippen molar-refractivity contribution >= 4 is 5.91 Å². The van der Waals surface area contributed by atoms with Crippen LogP contribution in [0.25, 0.3) is 0 Å². The van der Waals surface area contributed by atoms with E-state index >= 15 is 0 Å². The highest BCUT2D eigenvalue weighted by molar-refractivity contribution is 5.86. The highest BCUT2D eigenvalue weighted by atomic mass is 16.2. The number of hydrogen-bond acceptors (Lipinski definition) is 1. The van der Waals surface area contributed by atoms with E-state index in [0.29, 0.717) is 5.92 Å². The minimum atomic E-state index is 0.0650. The monoisotopic (exact) mass is 197 g/mol. The molecule has 14 heavy (non-hydrogen) atoms. The van der Waals surface area contributed by atoms with Gasteiger partial charge in [-0.2, -0.15) is 0 Å². The molecule has 0 aromatic heterocycles. The Labute approximate surface area is 88.0 Å². The molecule has 2 nitrogen and oxygen atoms in total. The van der Waals surface area contributed by atoms with Crippen LogP contribution < -0.4 is 0 Å². The Balaban J connectivity index is 3.96. The lowest BCUT2D eigenvalue weighted by Crippen LogP contribution is -2.31. The molecule has 0 spiro atoms. The van der Waals surface area contributed by atoms with Crippen LogP contribution in [0.15, 0.2) is 12.7 Å². The molecule has 0 N–H and O–H groups in total. The van der Waals surface area contributed by atoms with Gasteiger partial charge in [0.2, 0.25) is 5.91 Å². The summed E-state index contributed by atoms with van der Waals surface area (Å²) in [4.78, 5) is 13.3. The Bertz CT molecular complexity index is 177. The van der Waals surface area contributed by atoms with Crippen molar-refractivity contribution < 1.29 is 4.79 Å². The topological polar surface area (TPSA) is 20.3 Å². The average molecular weight is 197 g/mol. The Morgan fingerprint density at radius 1 is 1.43 bits per heavy atom. The van der Waals surface area contributed by atoms with Crippen LogP contribution >= 0.6 is 0 Å². The van der Waals surface area contributed by atoms with Crippen LogP contribution in [0, 0.1) is 5.92 Å². The molecule has 0 aromatic rings. The standard InChI is InChI=1S/C12H23NO/c1-5-9-13(12(14)7-3)10-8-11(4)6-2/h7,11H,3,5-6,8-10H2,1-2,4H3. The molecule has 2 heteroatoms. The van der Waals surface area contributed by atoms with Crippen molar-refractivity contribution in [2.24, 2.45) is 5.92 Å². The largest absolute Gasteiger partial charge is 0.339 e. The smallest absolute Gasteiger partial charge is 0.245 e. The van der Waals surface area contributed by atoms with E-state index in [1.54, 1.807) is 0 Å². The van der Waals surface area contributed by atoms with Crippen molar-refractivity contribution in [3.05, 3.63) is 12.7 Å². The highest BCUT2D eigenvalue weighted by Gasteiger charge is 2.09. The Hall–Kier alpha value is -0.790. The zero-order valence-electron chi connectivity index (χ0n) is 9.75. The SMILES string of the molecule is C=CC(=O)N(CCC)CCC(C)CC. The summed E-state index contributed by atoms with van der Waals surface area (Å²) in [5.41, 5.74) is 0. The summed E-state index contributed by atoms with van der Waals surface area (Å²) in [5, 5.41) is 0. The number of carbonyl (C=O) groups excluding carboxylic acids is 1. The fraction of sp³-hybridized carbons (Fsp3) is 0.750. The van der Waals surface area contributed by atoms with E-state index in [4.69, 9.17) is 0 Å². The summed E-state index contributed by atoms with van der Waals surface area (Å²) in [6.07, 6.45) is 4.70. The summed E-state index contributed by atoms with van der Waals surface area (Å²) < 4.78 is 0. The first-order chi connectivity index (χ1) is 6.65. The van der Waals surface area contributed by atoms with Crippen LogP contribution in [0.1, 0.15) is 40.0 Å². The predicted octanol–water partition coefficient (Wildman–Crippen LogP) is 2.85. The maximum atomic E-state index is 11.4. The molecule has 0 aliphatic rings. The minimum absolute atomic E-state index is 0.0650. The van der Waals surface area contributed by atoms with Gasteiger partial charge >= 0.3 is 0 Å². The molecule has 0 aliphatic heterocycles. The van der Waals surface area contributed by atoms with E-state index in [0.717, 1.165) is 25.9 Å². The maximum Gasteiger partial charge on any atom is 0.245 e. The van der Waals surface area contributed by atoms with Crippen LogP contribution in [0.5, 0.6) is 0 Å². The molecule has 0 saturated carbocycles. The third-order valence-electron chi connectivity index (χ3n) is 2.57. The van der Waals surface area contributed by atoms with Gasteiger partial charge in [0.15, 0.2) is 0 Å². The molecule has 0 aliphatic carbocycles. The first-order valence-corrected chi connectivity index (χ1v) is 5.57. The molecular formula is C12H23NO. The fourth-order valence-electron chi connectivity index (χ4n) is 1.31. The van der Waals surface area contributed by atoms with Crippen LogP contribution in [-0.4, -0.2) is 23.9 Å². The maximum absolute atomic E-state index is 11.4. The summed E-state index contributed by atoms with van der Waals surface area (Å²) in [6.45, 7) is 11.7. The Kier molecular flexibility index (Phi) is 7.17. The van der Waals surface area contributed by atoms with Crippen LogP contribution in [0.4, 0.5) is 0 Å². The molecule has 0 saturated heterocycles. The molecule has 1 unspecified atom stereocenters. The van der Waals surface area contributed by atoms with E-state index in [-0.39, 0.29) is 5.91 Å². The van der Waals surface area contributed by atoms with Crippen molar-refractivity contribution in [1.29, 1.82) is 0 Å². The van der Waals surface area contributed by atoms with Gasteiger partial charge in [0.25, 0.3) is 0 Å². The number of amides is 1. The predicted molar refractivity (Wildman–Crippen MR) is 61.1 cm³/mol. The second-order valence-electron chi connectivity index (χ2n) is 3.83. The average Bonchev–Trinajstić information content (AvgIpc) is 2.22. The molecule has 1 amide bonds. The molecule has 0 rings (SSSR count). The first-order valence-electron chi connectivity index (χ1n) is 5.57. The fourth-order valence-corrected chi connectivity index (χ4v) is 1.31. The zero-order chi connectivity index (χ0) is 11.0. The van der Waals surface area contributed by atoms with Crippen LogP contribution in [0.3, 0.4) is 0 Å². The van der Waals surface area contributed by atoms with E-state index in [9.17, 15) is 4.79 Å². The number of rotatable bonds is 7. The van der Waals surface area contributed by atoms with Crippen molar-refractivity contribution in [2.45, 2.75) is 40.0 Å². The highest BCUT2D eigenvalue weighted by Crippen LogP contribution is 2.08. The van der Waals surface area contributed by atoms with Gasteiger partial charge in [0.05, 0.1) is 0 Å². The van der Waals surface area contributed by atoms with Gasteiger partial charge in [0, 0.05) is 13.1 Å². The van der Waals surface area contributed by atoms with E-state index < -0.39 is 0 Å². The van der Waals surface area contributed by atoms with Crippen molar-refractivity contribution in [1.82, 2.24) is 4.90 Å². The van der Waals surface area contributed by atoms with E-state index in [1.807, 2.05) is 4.90 Å². The van der Waals surface area contributed by atoms with Crippen molar-refractivity contribution in [3.63, 3.8) is 0 Å². The first kappa shape index (κ1) is 13.2. The third-order valence-corrected chi connectivity index (χ3v) is 2.57. The molecule has 82 valence electrons. The van der Waals surface area contributed by atoms with Crippen molar-refractivity contribution in [3.8, 4) is 0 Å². The second-order valence-corrected chi connectivity index (χ2v) is 3.83. The van der Waals surface area contributed by atoms with Gasteiger partial charge in [-0.05, 0) is 24.8 Å². The lowest BCUT2D eigenvalue weighted by molar-refractivity contribution is -0.126. The normalized spacial score (nSPS) is 12.2. The van der Waals surface area contributed by atoms with Gasteiger partial charge in [-0.15, -0.1) is 0 Å². The third kappa shape index (κ3) is 5.05. The number of nitrogens with zero attached hydrogens (tertiary/aromatic N) is 1. The van der Waals surface area contributed by atoms with E-state index in [2.05, 4.69) is 27.4 Å². The quantitative estimate of drug-likeness (QED) is 0.575. The summed E-state index contributed by atoms with van der Waals surface area (Å²) in [7, 11) is 0. The molecule has 0 fully saturated rings. The summed E-state index contributed by atoms with van der Waals surface area (Å²) >= 11 is 0. The van der Waals surface area contributed by atoms with Gasteiger partial charge in [-0.25, -0.2) is 0 Å². The van der Waals surface area contributed by atoms with Gasteiger partial charge < -0.3 is 4.90 Å². The molecule has 0 aromatic carbocycles. The Morgan fingerprint density at radius 2 is 2.07 bits per heavy atom. The zero-order valence-corrected chi connectivity index (χ0v) is 9.75.